The van der Waals surface area contributed by atoms with E-state index >= 15 is 8.78 Å². The molecule has 0 bridgehead atoms. The number of nitrogens with two attached hydrogens (primary N) is 1. The molecule has 0 radical (unpaired) electrons. The van der Waals surface area contributed by atoms with Crippen LogP contribution in [0.1, 0.15) is 34.8 Å². The summed E-state index contributed by atoms with van der Waals surface area (Å²) < 4.78 is 42.3. The first-order valence-electron chi connectivity index (χ1n) is 10.9. The lowest BCUT2D eigenvalue weighted by atomic mass is 9.85. The molecule has 178 valence electrons. The van der Waals surface area contributed by atoms with Gasteiger partial charge in [0.25, 0.3) is 0 Å². The van der Waals surface area contributed by atoms with Crippen LogP contribution in [0, 0.1) is 11.6 Å². The molecule has 4 rings (SSSR count). The number of halogens is 3. The van der Waals surface area contributed by atoms with Crippen LogP contribution in [-0.2, 0) is 12.0 Å². The standard InChI is InChI=1S/C26H24ClF2NO4/c1-2-19(32)16-8-9-20(33-11-10-31)25(29)23(16)22-17-13-26(14-30,15-6-4-3-5-7-15)34-21(17)12-18(28)24(22)27/h3-9,12,31H,2,10-11,13-14,30H2,1H3/t26-/m1/s1. The van der Waals surface area contributed by atoms with E-state index in [0.717, 1.165) is 11.6 Å². The molecule has 1 heterocycles. The molecule has 0 aromatic heterocycles. The van der Waals surface area contributed by atoms with Crippen molar-refractivity contribution in [1.82, 2.24) is 0 Å². The fourth-order valence-electron chi connectivity index (χ4n) is 4.33. The zero-order valence-electron chi connectivity index (χ0n) is 18.5. The van der Waals surface area contributed by atoms with E-state index < -0.39 is 17.2 Å². The van der Waals surface area contributed by atoms with Crippen LogP contribution in [0.2, 0.25) is 5.02 Å². The van der Waals surface area contributed by atoms with Gasteiger partial charge >= 0.3 is 0 Å². The molecule has 0 saturated heterocycles. The van der Waals surface area contributed by atoms with Crippen LogP contribution in [0.25, 0.3) is 11.1 Å². The van der Waals surface area contributed by atoms with Gasteiger partial charge in [0.1, 0.15) is 18.2 Å². The smallest absolute Gasteiger partial charge is 0.173 e. The highest BCUT2D eigenvalue weighted by atomic mass is 35.5. The summed E-state index contributed by atoms with van der Waals surface area (Å²) in [5.41, 5.74) is 6.28. The molecule has 8 heteroatoms. The SMILES string of the molecule is CCC(=O)c1ccc(OCCO)c(F)c1-c1c(Cl)c(F)cc2c1C[C@@](CN)(c1ccccc1)O2. The van der Waals surface area contributed by atoms with Gasteiger partial charge in [-0.3, -0.25) is 4.79 Å². The zero-order valence-corrected chi connectivity index (χ0v) is 19.3. The second-order valence-corrected chi connectivity index (χ2v) is 8.39. The average molecular weight is 488 g/mol. The van der Waals surface area contributed by atoms with Gasteiger partial charge in [0, 0.05) is 47.7 Å². The summed E-state index contributed by atoms with van der Waals surface area (Å²) in [6.45, 7) is 1.24. The largest absolute Gasteiger partial charge is 0.488 e. The lowest BCUT2D eigenvalue weighted by Gasteiger charge is -2.27. The van der Waals surface area contributed by atoms with Gasteiger partial charge in [0.05, 0.1) is 11.6 Å². The molecule has 5 nitrogen and oxygen atoms in total. The van der Waals surface area contributed by atoms with E-state index in [1.165, 1.54) is 12.1 Å². The van der Waals surface area contributed by atoms with Gasteiger partial charge in [-0.1, -0.05) is 48.9 Å². The molecule has 34 heavy (non-hydrogen) atoms. The molecule has 1 aliphatic rings. The first kappa shape index (κ1) is 24.1. The van der Waals surface area contributed by atoms with Crippen molar-refractivity contribution < 1.29 is 28.2 Å². The maximum absolute atomic E-state index is 15.8. The van der Waals surface area contributed by atoms with Crippen molar-refractivity contribution >= 4 is 17.4 Å². The highest BCUT2D eigenvalue weighted by molar-refractivity contribution is 6.34. The van der Waals surface area contributed by atoms with Gasteiger partial charge in [-0.2, -0.15) is 0 Å². The van der Waals surface area contributed by atoms with Crippen LogP contribution in [0.15, 0.2) is 48.5 Å². The van der Waals surface area contributed by atoms with Gasteiger partial charge < -0.3 is 20.3 Å². The topological polar surface area (TPSA) is 81.8 Å². The number of carbonyl (C=O) groups is 1. The van der Waals surface area contributed by atoms with Gasteiger partial charge in [-0.25, -0.2) is 8.78 Å². The minimum absolute atomic E-state index is 0.0340. The van der Waals surface area contributed by atoms with Crippen LogP contribution in [0.4, 0.5) is 8.78 Å². The van der Waals surface area contributed by atoms with Crippen molar-refractivity contribution in [2.75, 3.05) is 19.8 Å². The molecule has 0 fully saturated rings. The number of rotatable bonds is 8. The van der Waals surface area contributed by atoms with E-state index in [1.807, 2.05) is 30.3 Å². The second-order valence-electron chi connectivity index (χ2n) is 8.02. The van der Waals surface area contributed by atoms with Gasteiger partial charge in [0.2, 0.25) is 0 Å². The van der Waals surface area contributed by atoms with Crippen molar-refractivity contribution in [2.24, 2.45) is 5.73 Å². The number of hydrogen-bond donors (Lipinski definition) is 2. The minimum Gasteiger partial charge on any atom is -0.488 e. The summed E-state index contributed by atoms with van der Waals surface area (Å²) in [6.07, 6.45) is 0.296. The number of aliphatic hydroxyl groups is 1. The fourth-order valence-corrected chi connectivity index (χ4v) is 4.59. The van der Waals surface area contributed by atoms with E-state index in [2.05, 4.69) is 0 Å². The highest BCUT2D eigenvalue weighted by Gasteiger charge is 2.43. The Morgan fingerprint density at radius 1 is 1.21 bits per heavy atom. The number of ether oxygens (including phenoxy) is 2. The molecular formula is C26H24ClF2NO4. The number of fused-ring (bicyclic) bond motifs is 1. The Hall–Kier alpha value is -3.00. The van der Waals surface area contributed by atoms with E-state index in [-0.39, 0.29) is 71.6 Å². The number of Topliss-reactive ketones (excluding diaryl/α,β-unsaturated/α-hetero) is 1. The van der Waals surface area contributed by atoms with Crippen LogP contribution >= 0.6 is 11.6 Å². The Kier molecular flexibility index (Phi) is 6.89. The summed E-state index contributed by atoms with van der Waals surface area (Å²) in [4.78, 5) is 12.8. The molecule has 3 aromatic carbocycles. The van der Waals surface area contributed by atoms with Crippen molar-refractivity contribution in [3.8, 4) is 22.6 Å². The molecule has 3 N–H and O–H groups in total. The van der Waals surface area contributed by atoms with E-state index in [1.54, 1.807) is 6.92 Å². The Bertz CT molecular complexity index is 1240. The normalized spacial score (nSPS) is 16.8. The summed E-state index contributed by atoms with van der Waals surface area (Å²) >= 11 is 6.42. The van der Waals surface area contributed by atoms with Crippen molar-refractivity contribution in [1.29, 1.82) is 0 Å². The third-order valence-corrected chi connectivity index (χ3v) is 6.38. The predicted molar refractivity (Wildman–Crippen MR) is 126 cm³/mol. The Labute approximate surface area is 201 Å². The Balaban J connectivity index is 1.98. The van der Waals surface area contributed by atoms with Crippen molar-refractivity contribution in [3.05, 3.63) is 81.9 Å². The summed E-state index contributed by atoms with van der Waals surface area (Å²) in [5.74, 6) is -2.02. The number of benzene rings is 3. The predicted octanol–water partition coefficient (Wildman–Crippen LogP) is 5.04. The monoisotopic (exact) mass is 487 g/mol. The quantitative estimate of drug-likeness (QED) is 0.435. The number of carbonyl (C=O) groups excluding carboxylic acids is 1. The van der Waals surface area contributed by atoms with Crippen LogP contribution in [-0.4, -0.2) is 30.6 Å². The maximum Gasteiger partial charge on any atom is 0.173 e. The molecule has 3 aromatic rings. The molecule has 0 spiro atoms. The number of hydrogen-bond acceptors (Lipinski definition) is 5. The molecule has 0 aliphatic carbocycles. The van der Waals surface area contributed by atoms with E-state index in [4.69, 9.17) is 31.9 Å². The lowest BCUT2D eigenvalue weighted by Crippen LogP contribution is -2.39. The first-order chi connectivity index (χ1) is 16.4. The van der Waals surface area contributed by atoms with Crippen molar-refractivity contribution in [2.45, 2.75) is 25.4 Å². The molecule has 1 aliphatic heterocycles. The molecule has 0 unspecified atom stereocenters. The molecular weight excluding hydrogens is 464 g/mol. The van der Waals surface area contributed by atoms with E-state index in [0.29, 0.717) is 5.56 Å². The van der Waals surface area contributed by atoms with Gasteiger partial charge in [0.15, 0.2) is 23.0 Å². The van der Waals surface area contributed by atoms with Crippen LogP contribution in [0.5, 0.6) is 11.5 Å². The summed E-state index contributed by atoms with van der Waals surface area (Å²) in [6, 6.07) is 13.1. The van der Waals surface area contributed by atoms with Gasteiger partial charge in [-0.05, 0) is 17.7 Å². The highest BCUT2D eigenvalue weighted by Crippen LogP contribution is 2.50. The third-order valence-electron chi connectivity index (χ3n) is 6.01. The first-order valence-corrected chi connectivity index (χ1v) is 11.3. The number of ketones is 1. The average Bonchev–Trinajstić information content (AvgIpc) is 3.24. The zero-order chi connectivity index (χ0) is 24.5. The lowest BCUT2D eigenvalue weighted by molar-refractivity contribution is 0.0988. The number of aliphatic hydroxyl groups excluding tert-OH is 1. The van der Waals surface area contributed by atoms with Gasteiger partial charge in [-0.15, -0.1) is 0 Å². The van der Waals surface area contributed by atoms with Crippen molar-refractivity contribution in [3.63, 3.8) is 0 Å². The molecule has 1 atom stereocenters. The second kappa shape index (κ2) is 9.70. The summed E-state index contributed by atoms with van der Waals surface area (Å²) in [7, 11) is 0. The Morgan fingerprint density at radius 2 is 1.94 bits per heavy atom. The Morgan fingerprint density at radius 3 is 2.59 bits per heavy atom. The van der Waals surface area contributed by atoms with E-state index in [9.17, 15) is 4.79 Å². The molecule has 0 amide bonds. The maximum atomic E-state index is 15.8. The molecule has 0 saturated carbocycles. The minimum atomic E-state index is -1.01. The summed E-state index contributed by atoms with van der Waals surface area (Å²) in [5, 5.41) is 8.76. The fraction of sp³-hybridized carbons (Fsp3) is 0.269. The van der Waals surface area contributed by atoms with Crippen LogP contribution in [0.3, 0.4) is 0 Å². The third kappa shape index (κ3) is 4.04. The van der Waals surface area contributed by atoms with Crippen LogP contribution < -0.4 is 15.2 Å².